The number of carbonyl (C=O) groups excluding carboxylic acids is 1. The molecule has 0 aliphatic carbocycles. The van der Waals surface area contributed by atoms with Crippen LogP contribution in [0.3, 0.4) is 0 Å². The standard InChI is InChI=1S/C23H23ClN2O4S/c1-16-7-6-10-18(13-16)25-23(27)21(14-17-8-4-3-5-9-17)26-31(28,29)19-11-12-22(30-2)20(24)15-19/h3-13,15,21,26H,14H2,1-2H3,(H,25,27)/t21-/m0/s1. The Balaban J connectivity index is 1.88. The van der Waals surface area contributed by atoms with E-state index in [4.69, 9.17) is 16.3 Å². The Morgan fingerprint density at radius 2 is 1.77 bits per heavy atom. The van der Waals surface area contributed by atoms with Crippen LogP contribution in [0, 0.1) is 6.92 Å². The van der Waals surface area contributed by atoms with Crippen LogP contribution in [0.5, 0.6) is 5.75 Å². The normalized spacial score (nSPS) is 12.2. The highest BCUT2D eigenvalue weighted by Crippen LogP contribution is 2.27. The molecule has 0 bridgehead atoms. The predicted octanol–water partition coefficient (Wildman–Crippen LogP) is 4.19. The van der Waals surface area contributed by atoms with Gasteiger partial charge in [0, 0.05) is 5.69 Å². The van der Waals surface area contributed by atoms with Crippen molar-refractivity contribution in [2.45, 2.75) is 24.3 Å². The average molecular weight is 459 g/mol. The van der Waals surface area contributed by atoms with E-state index in [-0.39, 0.29) is 16.3 Å². The summed E-state index contributed by atoms with van der Waals surface area (Å²) in [4.78, 5) is 13.0. The van der Waals surface area contributed by atoms with E-state index in [2.05, 4.69) is 10.0 Å². The fourth-order valence-corrected chi connectivity index (χ4v) is 4.60. The molecule has 0 aliphatic heterocycles. The SMILES string of the molecule is COc1ccc(S(=O)(=O)N[C@@H](Cc2ccccc2)C(=O)Nc2cccc(C)c2)cc1Cl. The lowest BCUT2D eigenvalue weighted by Crippen LogP contribution is -2.45. The third-order valence-electron chi connectivity index (χ3n) is 4.62. The van der Waals surface area contributed by atoms with Crippen molar-refractivity contribution in [3.8, 4) is 5.75 Å². The lowest BCUT2D eigenvalue weighted by atomic mass is 10.1. The van der Waals surface area contributed by atoms with E-state index < -0.39 is 22.0 Å². The van der Waals surface area contributed by atoms with Gasteiger partial charge in [-0.1, -0.05) is 54.1 Å². The van der Waals surface area contributed by atoms with E-state index in [0.29, 0.717) is 11.4 Å². The van der Waals surface area contributed by atoms with Gasteiger partial charge < -0.3 is 10.1 Å². The van der Waals surface area contributed by atoms with Gasteiger partial charge >= 0.3 is 0 Å². The highest BCUT2D eigenvalue weighted by atomic mass is 35.5. The van der Waals surface area contributed by atoms with E-state index in [9.17, 15) is 13.2 Å². The Morgan fingerprint density at radius 3 is 2.42 bits per heavy atom. The van der Waals surface area contributed by atoms with Crippen LogP contribution in [0.1, 0.15) is 11.1 Å². The topological polar surface area (TPSA) is 84.5 Å². The summed E-state index contributed by atoms with van der Waals surface area (Å²) in [5, 5.41) is 2.96. The lowest BCUT2D eigenvalue weighted by Gasteiger charge is -2.19. The monoisotopic (exact) mass is 458 g/mol. The first-order valence-electron chi connectivity index (χ1n) is 9.56. The Labute approximate surface area is 187 Å². The predicted molar refractivity (Wildman–Crippen MR) is 122 cm³/mol. The first-order chi connectivity index (χ1) is 14.8. The third-order valence-corrected chi connectivity index (χ3v) is 6.38. The fourth-order valence-electron chi connectivity index (χ4n) is 3.06. The van der Waals surface area contributed by atoms with E-state index in [0.717, 1.165) is 11.1 Å². The van der Waals surface area contributed by atoms with E-state index in [1.54, 1.807) is 6.07 Å². The minimum Gasteiger partial charge on any atom is -0.495 e. The maximum Gasteiger partial charge on any atom is 0.242 e. The number of aryl methyl sites for hydroxylation is 1. The Morgan fingerprint density at radius 1 is 1.03 bits per heavy atom. The van der Waals surface area contributed by atoms with Crippen LogP contribution in [0.2, 0.25) is 5.02 Å². The summed E-state index contributed by atoms with van der Waals surface area (Å²) in [7, 11) is -2.58. The number of ether oxygens (including phenoxy) is 1. The smallest absolute Gasteiger partial charge is 0.242 e. The van der Waals surface area contributed by atoms with Crippen LogP contribution in [-0.2, 0) is 21.2 Å². The number of halogens is 1. The number of hydrogen-bond donors (Lipinski definition) is 2. The summed E-state index contributed by atoms with van der Waals surface area (Å²) in [5.41, 5.74) is 2.39. The zero-order valence-electron chi connectivity index (χ0n) is 17.1. The fraction of sp³-hybridized carbons (Fsp3) is 0.174. The molecule has 0 saturated carbocycles. The number of hydrogen-bond acceptors (Lipinski definition) is 4. The third kappa shape index (κ3) is 6.07. The molecular formula is C23H23ClN2O4S. The lowest BCUT2D eigenvalue weighted by molar-refractivity contribution is -0.117. The number of methoxy groups -OCH3 is 1. The summed E-state index contributed by atoms with van der Waals surface area (Å²) in [6.07, 6.45) is 0.182. The molecule has 0 radical (unpaired) electrons. The first kappa shape index (κ1) is 22.8. The molecule has 162 valence electrons. The molecule has 0 heterocycles. The van der Waals surface area contributed by atoms with Gasteiger partial charge in [-0.05, 0) is 54.8 Å². The maximum absolute atomic E-state index is 13.0. The molecule has 2 N–H and O–H groups in total. The Kier molecular flexibility index (Phi) is 7.33. The van der Waals surface area contributed by atoms with Gasteiger partial charge in [-0.2, -0.15) is 4.72 Å². The number of carbonyl (C=O) groups is 1. The number of rotatable bonds is 8. The molecule has 0 spiro atoms. The minimum absolute atomic E-state index is 0.0558. The minimum atomic E-state index is -4.02. The van der Waals surface area contributed by atoms with Crippen molar-refractivity contribution in [2.75, 3.05) is 12.4 Å². The number of benzene rings is 3. The van der Waals surface area contributed by atoms with Crippen LogP contribution >= 0.6 is 11.6 Å². The van der Waals surface area contributed by atoms with Crippen LogP contribution in [-0.4, -0.2) is 27.5 Å². The van der Waals surface area contributed by atoms with Gasteiger partial charge in [0.05, 0.1) is 17.0 Å². The number of nitrogens with one attached hydrogen (secondary N) is 2. The van der Waals surface area contributed by atoms with Gasteiger partial charge in [-0.3, -0.25) is 4.79 Å². The summed E-state index contributed by atoms with van der Waals surface area (Å²) >= 11 is 6.09. The van der Waals surface area contributed by atoms with Gasteiger partial charge in [0.1, 0.15) is 11.8 Å². The van der Waals surface area contributed by atoms with E-state index in [1.165, 1.54) is 25.3 Å². The van der Waals surface area contributed by atoms with Gasteiger partial charge in [0.2, 0.25) is 15.9 Å². The van der Waals surface area contributed by atoms with E-state index >= 15 is 0 Å². The average Bonchev–Trinajstić information content (AvgIpc) is 2.74. The molecule has 3 rings (SSSR count). The molecule has 0 saturated heterocycles. The Hall–Kier alpha value is -2.87. The molecule has 0 unspecified atom stereocenters. The summed E-state index contributed by atoms with van der Waals surface area (Å²) in [5.74, 6) is -0.101. The Bertz CT molecular complexity index is 1170. The molecule has 0 aromatic heterocycles. The molecule has 3 aromatic rings. The molecule has 8 heteroatoms. The summed E-state index contributed by atoms with van der Waals surface area (Å²) in [6, 6.07) is 19.6. The molecule has 0 aliphatic rings. The maximum atomic E-state index is 13.0. The largest absolute Gasteiger partial charge is 0.495 e. The van der Waals surface area contributed by atoms with Crippen LogP contribution in [0.4, 0.5) is 5.69 Å². The molecule has 6 nitrogen and oxygen atoms in total. The highest BCUT2D eigenvalue weighted by molar-refractivity contribution is 7.89. The number of amides is 1. The molecule has 1 amide bonds. The zero-order chi connectivity index (χ0) is 22.4. The quantitative estimate of drug-likeness (QED) is 0.530. The number of anilines is 1. The van der Waals surface area contributed by atoms with E-state index in [1.807, 2.05) is 55.5 Å². The van der Waals surface area contributed by atoms with Gasteiger partial charge in [-0.15, -0.1) is 0 Å². The van der Waals surface area contributed by atoms with Gasteiger partial charge in [0.25, 0.3) is 0 Å². The molecule has 1 atom stereocenters. The van der Waals surface area contributed by atoms with Crippen molar-refractivity contribution in [1.29, 1.82) is 0 Å². The van der Waals surface area contributed by atoms with Gasteiger partial charge in [0.15, 0.2) is 0 Å². The second kappa shape index (κ2) is 9.96. The van der Waals surface area contributed by atoms with Crippen LogP contribution in [0.25, 0.3) is 0 Å². The summed E-state index contributed by atoms with van der Waals surface area (Å²) in [6.45, 7) is 1.91. The van der Waals surface area contributed by atoms with Crippen molar-refractivity contribution in [1.82, 2.24) is 4.72 Å². The second-order valence-electron chi connectivity index (χ2n) is 7.02. The second-order valence-corrected chi connectivity index (χ2v) is 9.14. The van der Waals surface area contributed by atoms with Crippen molar-refractivity contribution >= 4 is 33.2 Å². The first-order valence-corrected chi connectivity index (χ1v) is 11.4. The van der Waals surface area contributed by atoms with Crippen molar-refractivity contribution in [3.05, 3.63) is 88.9 Å². The number of sulfonamides is 1. The zero-order valence-corrected chi connectivity index (χ0v) is 18.7. The molecule has 31 heavy (non-hydrogen) atoms. The van der Waals surface area contributed by atoms with Crippen molar-refractivity contribution < 1.29 is 17.9 Å². The highest BCUT2D eigenvalue weighted by Gasteiger charge is 2.27. The van der Waals surface area contributed by atoms with Crippen molar-refractivity contribution in [2.24, 2.45) is 0 Å². The van der Waals surface area contributed by atoms with Crippen LogP contribution in [0.15, 0.2) is 77.7 Å². The van der Waals surface area contributed by atoms with Crippen molar-refractivity contribution in [3.63, 3.8) is 0 Å². The van der Waals surface area contributed by atoms with Gasteiger partial charge in [-0.25, -0.2) is 8.42 Å². The molecule has 0 fully saturated rings. The molecule has 3 aromatic carbocycles. The molecular weight excluding hydrogens is 436 g/mol. The summed E-state index contributed by atoms with van der Waals surface area (Å²) < 4.78 is 33.6. The van der Waals surface area contributed by atoms with Crippen LogP contribution < -0.4 is 14.8 Å².